The van der Waals surface area contributed by atoms with E-state index in [0.717, 1.165) is 6.42 Å². The molecule has 2 aliphatic carbocycles. The molecule has 1 saturated carbocycles. The van der Waals surface area contributed by atoms with Crippen molar-refractivity contribution in [2.75, 3.05) is 7.11 Å². The molecule has 1 fully saturated rings. The van der Waals surface area contributed by atoms with Gasteiger partial charge >= 0.3 is 5.97 Å². The van der Waals surface area contributed by atoms with E-state index in [9.17, 15) is 14.7 Å². The Balaban J connectivity index is 2.54. The molecule has 2 aliphatic rings. The predicted octanol–water partition coefficient (Wildman–Crippen LogP) is 2.25. The number of carbonyl (C=O) groups is 2. The van der Waals surface area contributed by atoms with Crippen molar-refractivity contribution in [3.05, 3.63) is 11.6 Å². The minimum absolute atomic E-state index is 0.153. The molecule has 0 saturated heterocycles. The molecule has 3 atom stereocenters. The lowest BCUT2D eigenvalue weighted by molar-refractivity contribution is -0.294. The molecule has 112 valence electrons. The van der Waals surface area contributed by atoms with Crippen molar-refractivity contribution in [2.24, 2.45) is 16.7 Å². The smallest absolute Gasteiger partial charge is 0.339 e. The van der Waals surface area contributed by atoms with Crippen LogP contribution in [0.25, 0.3) is 0 Å². The second kappa shape index (κ2) is 4.42. The van der Waals surface area contributed by atoms with Crippen LogP contribution in [-0.2, 0) is 14.3 Å². The Kier molecular flexibility index (Phi) is 3.36. The summed E-state index contributed by atoms with van der Waals surface area (Å²) < 4.78 is 4.82. The molecule has 0 unspecified atom stereocenters. The summed E-state index contributed by atoms with van der Waals surface area (Å²) in [7, 11) is 1.26. The van der Waals surface area contributed by atoms with Gasteiger partial charge in [-0.05, 0) is 38.5 Å². The largest absolute Gasteiger partial charge is 0.467 e. The fourth-order valence-electron chi connectivity index (χ4n) is 4.65. The maximum absolute atomic E-state index is 12.2. The van der Waals surface area contributed by atoms with Gasteiger partial charge in [0.2, 0.25) is 0 Å². The molecule has 0 aliphatic heterocycles. The van der Waals surface area contributed by atoms with Crippen molar-refractivity contribution >= 4 is 11.8 Å². The fraction of sp³-hybridized carbons (Fsp3) is 0.750. The third kappa shape index (κ3) is 1.51. The number of methoxy groups -OCH3 is 1. The van der Waals surface area contributed by atoms with Crippen molar-refractivity contribution in [1.82, 2.24) is 0 Å². The summed E-state index contributed by atoms with van der Waals surface area (Å²) in [5.74, 6) is -1.53. The number of ether oxygens (including phenoxy) is 1. The van der Waals surface area contributed by atoms with E-state index in [2.05, 4.69) is 13.0 Å². The van der Waals surface area contributed by atoms with Gasteiger partial charge in [-0.3, -0.25) is 4.79 Å². The number of aliphatic hydroxyl groups is 1. The Bertz CT molecular complexity index is 491. The molecule has 0 radical (unpaired) electrons. The van der Waals surface area contributed by atoms with Crippen LogP contribution in [0.3, 0.4) is 0 Å². The van der Waals surface area contributed by atoms with Crippen LogP contribution in [0, 0.1) is 16.7 Å². The van der Waals surface area contributed by atoms with E-state index in [1.807, 2.05) is 13.8 Å². The maximum Gasteiger partial charge on any atom is 0.339 e. The first kappa shape index (κ1) is 15.2. The summed E-state index contributed by atoms with van der Waals surface area (Å²) in [6.45, 7) is 7.45. The monoisotopic (exact) mass is 280 g/mol. The number of Topliss-reactive ketones (excluding diaryl/α,β-unsaturated/α-hetero) is 1. The lowest BCUT2D eigenvalue weighted by Gasteiger charge is -2.70. The number of esters is 1. The van der Waals surface area contributed by atoms with Crippen molar-refractivity contribution in [3.8, 4) is 0 Å². The first-order valence-corrected chi connectivity index (χ1v) is 7.12. The van der Waals surface area contributed by atoms with Crippen LogP contribution in [0.15, 0.2) is 11.6 Å². The van der Waals surface area contributed by atoms with Gasteiger partial charge in [-0.25, -0.2) is 4.79 Å². The van der Waals surface area contributed by atoms with Gasteiger partial charge in [0, 0.05) is 5.41 Å². The van der Waals surface area contributed by atoms with E-state index in [1.165, 1.54) is 19.6 Å². The molecule has 0 aromatic heterocycles. The molecule has 1 spiro atoms. The molecule has 4 nitrogen and oxygen atoms in total. The van der Waals surface area contributed by atoms with E-state index in [0.29, 0.717) is 12.8 Å². The van der Waals surface area contributed by atoms with Crippen molar-refractivity contribution in [3.63, 3.8) is 0 Å². The summed E-state index contributed by atoms with van der Waals surface area (Å²) >= 11 is 0. The summed E-state index contributed by atoms with van der Waals surface area (Å²) in [4.78, 5) is 24.2. The highest BCUT2D eigenvalue weighted by molar-refractivity contribution is 5.94. The molecule has 1 N–H and O–H groups in total. The Labute approximate surface area is 120 Å². The molecule has 20 heavy (non-hydrogen) atoms. The van der Waals surface area contributed by atoms with Gasteiger partial charge in [0.15, 0.2) is 5.60 Å². The second-order valence-corrected chi connectivity index (χ2v) is 6.86. The zero-order chi connectivity index (χ0) is 15.3. The Morgan fingerprint density at radius 3 is 2.40 bits per heavy atom. The Hall–Kier alpha value is -1.16. The molecule has 0 heterocycles. The summed E-state index contributed by atoms with van der Waals surface area (Å²) in [5, 5.41) is 11.1. The first-order chi connectivity index (χ1) is 9.15. The molecule has 0 bridgehead atoms. The number of hydrogen-bond acceptors (Lipinski definition) is 4. The third-order valence-corrected chi connectivity index (χ3v) is 5.75. The molecule has 0 aromatic carbocycles. The van der Waals surface area contributed by atoms with Gasteiger partial charge in [-0.1, -0.05) is 25.5 Å². The van der Waals surface area contributed by atoms with Crippen LogP contribution in [-0.4, -0.2) is 29.6 Å². The Morgan fingerprint density at radius 1 is 1.40 bits per heavy atom. The molecule has 2 rings (SSSR count). The van der Waals surface area contributed by atoms with Gasteiger partial charge in [0.1, 0.15) is 5.78 Å². The van der Waals surface area contributed by atoms with Crippen molar-refractivity contribution in [2.45, 2.75) is 52.6 Å². The molecule has 4 heteroatoms. The van der Waals surface area contributed by atoms with Gasteiger partial charge < -0.3 is 9.84 Å². The summed E-state index contributed by atoms with van der Waals surface area (Å²) in [6.07, 6.45) is 4.24. The van der Waals surface area contributed by atoms with E-state index in [-0.39, 0.29) is 5.78 Å². The number of allylic oxidation sites excluding steroid dienone is 2. The summed E-state index contributed by atoms with van der Waals surface area (Å²) in [5.41, 5.74) is -1.46. The first-order valence-electron chi connectivity index (χ1n) is 7.12. The van der Waals surface area contributed by atoms with Gasteiger partial charge in [-0.15, -0.1) is 0 Å². The van der Waals surface area contributed by atoms with Gasteiger partial charge in [-0.2, -0.15) is 0 Å². The van der Waals surface area contributed by atoms with Crippen LogP contribution in [0.2, 0.25) is 0 Å². The quantitative estimate of drug-likeness (QED) is 0.622. The zero-order valence-corrected chi connectivity index (χ0v) is 12.9. The number of rotatable bonds is 2. The van der Waals surface area contributed by atoms with Crippen LogP contribution >= 0.6 is 0 Å². The molecular formula is C16H24O4. The van der Waals surface area contributed by atoms with E-state index >= 15 is 0 Å². The third-order valence-electron chi connectivity index (χ3n) is 5.75. The second-order valence-electron chi connectivity index (χ2n) is 6.86. The lowest BCUT2D eigenvalue weighted by Crippen LogP contribution is -2.80. The van der Waals surface area contributed by atoms with Gasteiger partial charge in [0.05, 0.1) is 13.0 Å². The van der Waals surface area contributed by atoms with Crippen LogP contribution in [0.4, 0.5) is 0 Å². The molecule has 0 aromatic rings. The maximum atomic E-state index is 12.2. The SMILES string of the molecule is COC(=O)[C@@]1(O)[C@H](C(C)=O)C(C)(C)[C@]12CC=C(C)CC2. The normalized spacial score (nSPS) is 38.9. The predicted molar refractivity (Wildman–Crippen MR) is 75.0 cm³/mol. The van der Waals surface area contributed by atoms with Crippen molar-refractivity contribution in [1.29, 1.82) is 0 Å². The van der Waals surface area contributed by atoms with Crippen LogP contribution in [0.1, 0.15) is 47.0 Å². The average Bonchev–Trinajstić information content (AvgIpc) is 2.37. The number of ketones is 1. The standard InChI is InChI=1S/C16H24O4/c1-10-6-8-15(9-7-10)14(3,4)12(11(2)17)16(15,19)13(18)20-5/h6,12,19H,7-9H2,1-5H3/t12-,15-,16+/m1/s1. The van der Waals surface area contributed by atoms with Crippen LogP contribution < -0.4 is 0 Å². The highest BCUT2D eigenvalue weighted by Gasteiger charge is 2.80. The number of hydrogen-bond donors (Lipinski definition) is 1. The van der Waals surface area contributed by atoms with Crippen molar-refractivity contribution < 1.29 is 19.4 Å². The molecular weight excluding hydrogens is 256 g/mol. The Morgan fingerprint density at radius 2 is 2.00 bits per heavy atom. The number of carbonyl (C=O) groups excluding carboxylic acids is 2. The van der Waals surface area contributed by atoms with E-state index < -0.39 is 28.3 Å². The average molecular weight is 280 g/mol. The lowest BCUT2D eigenvalue weighted by atomic mass is 9.33. The highest BCUT2D eigenvalue weighted by Crippen LogP contribution is 2.71. The topological polar surface area (TPSA) is 63.6 Å². The minimum Gasteiger partial charge on any atom is -0.467 e. The van der Waals surface area contributed by atoms with Gasteiger partial charge in [0.25, 0.3) is 0 Å². The zero-order valence-electron chi connectivity index (χ0n) is 12.9. The van der Waals surface area contributed by atoms with E-state index in [4.69, 9.17) is 4.74 Å². The highest BCUT2D eigenvalue weighted by atomic mass is 16.5. The molecule has 0 amide bonds. The van der Waals surface area contributed by atoms with E-state index in [1.54, 1.807) is 0 Å². The fourth-order valence-corrected chi connectivity index (χ4v) is 4.65. The summed E-state index contributed by atoms with van der Waals surface area (Å²) in [6, 6.07) is 0. The minimum atomic E-state index is -1.70. The van der Waals surface area contributed by atoms with Crippen LogP contribution in [0.5, 0.6) is 0 Å².